The Balaban J connectivity index is 2.84. The van der Waals surface area contributed by atoms with E-state index < -0.39 is 15.7 Å². The van der Waals surface area contributed by atoms with Gasteiger partial charge < -0.3 is 5.32 Å². The number of hydrogen-bond acceptors (Lipinski definition) is 4. The van der Waals surface area contributed by atoms with Gasteiger partial charge in [0.15, 0.2) is 0 Å². The Kier molecular flexibility index (Phi) is 4.62. The molecule has 0 aliphatic carbocycles. The van der Waals surface area contributed by atoms with Crippen LogP contribution >= 0.6 is 0 Å². The zero-order valence-corrected chi connectivity index (χ0v) is 10.9. The van der Waals surface area contributed by atoms with Crippen molar-refractivity contribution in [2.45, 2.75) is 19.9 Å². The van der Waals surface area contributed by atoms with E-state index in [0.717, 1.165) is 5.56 Å². The minimum absolute atomic E-state index is 0.0160. The van der Waals surface area contributed by atoms with Crippen LogP contribution in [-0.2, 0) is 10.8 Å². The molecule has 1 rings (SSSR count). The lowest BCUT2D eigenvalue weighted by Gasteiger charge is -2.14. The van der Waals surface area contributed by atoms with Crippen LogP contribution in [0.25, 0.3) is 0 Å². The lowest BCUT2D eigenvalue weighted by atomic mass is 10.2. The summed E-state index contributed by atoms with van der Waals surface area (Å²) in [5, 5.41) is 13.8. The second-order valence-corrected chi connectivity index (χ2v) is 5.58. The van der Waals surface area contributed by atoms with Crippen LogP contribution in [0.15, 0.2) is 18.2 Å². The lowest BCUT2D eigenvalue weighted by molar-refractivity contribution is -0.384. The molecule has 0 bridgehead atoms. The van der Waals surface area contributed by atoms with Crippen LogP contribution in [0.2, 0.25) is 0 Å². The Morgan fingerprint density at radius 2 is 2.12 bits per heavy atom. The molecule has 1 aromatic carbocycles. The van der Waals surface area contributed by atoms with Crippen molar-refractivity contribution in [3.05, 3.63) is 33.9 Å². The van der Waals surface area contributed by atoms with Crippen LogP contribution in [0.3, 0.4) is 0 Å². The summed E-state index contributed by atoms with van der Waals surface area (Å²) in [6.45, 7) is 3.70. The molecule has 1 aromatic rings. The van der Waals surface area contributed by atoms with Crippen LogP contribution in [-0.4, -0.2) is 27.2 Å². The first kappa shape index (κ1) is 13.6. The normalized spacial score (nSPS) is 14.1. The van der Waals surface area contributed by atoms with Crippen molar-refractivity contribution in [1.29, 1.82) is 0 Å². The fourth-order valence-electron chi connectivity index (χ4n) is 1.63. The zero-order valence-electron chi connectivity index (χ0n) is 10.1. The van der Waals surface area contributed by atoms with Gasteiger partial charge in [-0.15, -0.1) is 0 Å². The number of benzene rings is 1. The van der Waals surface area contributed by atoms with Crippen LogP contribution in [0.4, 0.5) is 11.4 Å². The summed E-state index contributed by atoms with van der Waals surface area (Å²) in [5.41, 5.74) is 1.58. The van der Waals surface area contributed by atoms with Crippen LogP contribution in [0.5, 0.6) is 0 Å². The first-order valence-electron chi connectivity index (χ1n) is 5.21. The van der Waals surface area contributed by atoms with Gasteiger partial charge in [-0.05, 0) is 25.5 Å². The molecule has 17 heavy (non-hydrogen) atoms. The third kappa shape index (κ3) is 4.52. The summed E-state index contributed by atoms with van der Waals surface area (Å²) in [5.74, 6) is 0.516. The van der Waals surface area contributed by atoms with Gasteiger partial charge in [0.1, 0.15) is 0 Å². The summed E-state index contributed by atoms with van der Waals surface area (Å²) in [4.78, 5) is 10.3. The summed E-state index contributed by atoms with van der Waals surface area (Å²) in [6.07, 6.45) is 1.64. The van der Waals surface area contributed by atoms with Gasteiger partial charge in [-0.25, -0.2) is 0 Å². The molecule has 0 fully saturated rings. The molecule has 0 saturated carbocycles. The Labute approximate surface area is 103 Å². The van der Waals surface area contributed by atoms with Crippen molar-refractivity contribution in [1.82, 2.24) is 0 Å². The first-order chi connectivity index (χ1) is 7.88. The van der Waals surface area contributed by atoms with E-state index in [-0.39, 0.29) is 11.7 Å². The van der Waals surface area contributed by atoms with Gasteiger partial charge >= 0.3 is 0 Å². The molecule has 2 unspecified atom stereocenters. The standard InChI is InChI=1S/C11H16N2O3S/c1-8-4-10(6-11(5-8)13(14)15)12-9(2)7-17(3)16/h4-6,9,12H,7H2,1-3H3. The molecule has 0 aromatic heterocycles. The highest BCUT2D eigenvalue weighted by molar-refractivity contribution is 7.84. The van der Waals surface area contributed by atoms with E-state index in [9.17, 15) is 14.3 Å². The van der Waals surface area contributed by atoms with E-state index in [4.69, 9.17) is 0 Å². The fourth-order valence-corrected chi connectivity index (χ4v) is 2.42. The van der Waals surface area contributed by atoms with Crippen molar-refractivity contribution in [2.75, 3.05) is 17.3 Å². The Morgan fingerprint density at radius 1 is 1.47 bits per heavy atom. The lowest BCUT2D eigenvalue weighted by Crippen LogP contribution is -2.22. The molecule has 1 N–H and O–H groups in total. The van der Waals surface area contributed by atoms with E-state index in [1.165, 1.54) is 12.1 Å². The maximum atomic E-state index is 11.0. The zero-order chi connectivity index (χ0) is 13.0. The van der Waals surface area contributed by atoms with Crippen molar-refractivity contribution in [3.8, 4) is 0 Å². The number of nitrogens with one attached hydrogen (secondary N) is 1. The minimum Gasteiger partial charge on any atom is -0.381 e. The molecular formula is C11H16N2O3S. The molecule has 94 valence electrons. The summed E-state index contributed by atoms with van der Waals surface area (Å²) >= 11 is 0. The average Bonchev–Trinajstić information content (AvgIpc) is 2.14. The van der Waals surface area contributed by atoms with Gasteiger partial charge in [-0.1, -0.05) is 0 Å². The molecule has 6 heteroatoms. The van der Waals surface area contributed by atoms with Crippen LogP contribution < -0.4 is 5.32 Å². The Hall–Kier alpha value is -1.43. The molecular weight excluding hydrogens is 240 g/mol. The fraction of sp³-hybridized carbons (Fsp3) is 0.455. The first-order valence-corrected chi connectivity index (χ1v) is 6.94. The van der Waals surface area contributed by atoms with Gasteiger partial charge in [0.25, 0.3) is 5.69 Å². The van der Waals surface area contributed by atoms with E-state index in [1.54, 1.807) is 13.2 Å². The highest BCUT2D eigenvalue weighted by Gasteiger charge is 2.10. The highest BCUT2D eigenvalue weighted by atomic mass is 32.2. The number of nitro benzene ring substituents is 1. The molecule has 0 aliphatic rings. The van der Waals surface area contributed by atoms with Gasteiger partial charge in [0, 0.05) is 46.7 Å². The molecule has 0 amide bonds. The maximum absolute atomic E-state index is 11.0. The summed E-state index contributed by atoms with van der Waals surface area (Å²) in [6, 6.07) is 4.86. The van der Waals surface area contributed by atoms with Gasteiger partial charge in [-0.2, -0.15) is 0 Å². The number of non-ortho nitro benzene ring substituents is 1. The molecule has 0 saturated heterocycles. The van der Waals surface area contributed by atoms with E-state index >= 15 is 0 Å². The number of nitro groups is 1. The topological polar surface area (TPSA) is 72.2 Å². The average molecular weight is 256 g/mol. The maximum Gasteiger partial charge on any atom is 0.271 e. The number of aryl methyl sites for hydroxylation is 1. The number of rotatable bonds is 5. The minimum atomic E-state index is -0.885. The smallest absolute Gasteiger partial charge is 0.271 e. The third-order valence-corrected chi connectivity index (χ3v) is 3.14. The number of nitrogens with zero attached hydrogens (tertiary/aromatic N) is 1. The molecule has 0 aliphatic heterocycles. The van der Waals surface area contributed by atoms with E-state index in [1.807, 2.05) is 13.0 Å². The van der Waals surface area contributed by atoms with Gasteiger partial charge in [0.2, 0.25) is 0 Å². The van der Waals surface area contributed by atoms with Crippen LogP contribution in [0, 0.1) is 17.0 Å². The largest absolute Gasteiger partial charge is 0.381 e. The van der Waals surface area contributed by atoms with Gasteiger partial charge in [0.05, 0.1) is 4.92 Å². The van der Waals surface area contributed by atoms with Gasteiger partial charge in [-0.3, -0.25) is 14.3 Å². The number of anilines is 1. The SMILES string of the molecule is Cc1cc(NC(C)CS(C)=O)cc([N+](=O)[O-])c1. The molecule has 0 radical (unpaired) electrons. The molecule has 5 nitrogen and oxygen atoms in total. The monoisotopic (exact) mass is 256 g/mol. The highest BCUT2D eigenvalue weighted by Crippen LogP contribution is 2.21. The summed E-state index contributed by atoms with van der Waals surface area (Å²) < 4.78 is 11.0. The van der Waals surface area contributed by atoms with Crippen molar-refractivity contribution in [3.63, 3.8) is 0 Å². The van der Waals surface area contributed by atoms with E-state index in [0.29, 0.717) is 11.4 Å². The summed E-state index contributed by atoms with van der Waals surface area (Å²) in [7, 11) is -0.885. The van der Waals surface area contributed by atoms with E-state index in [2.05, 4.69) is 5.32 Å². The second kappa shape index (κ2) is 5.77. The van der Waals surface area contributed by atoms with Crippen molar-refractivity contribution in [2.24, 2.45) is 0 Å². The Morgan fingerprint density at radius 3 is 2.65 bits per heavy atom. The Bertz CT molecular complexity index is 448. The van der Waals surface area contributed by atoms with Crippen LogP contribution in [0.1, 0.15) is 12.5 Å². The van der Waals surface area contributed by atoms with Crippen molar-refractivity contribution < 1.29 is 9.13 Å². The molecule has 0 spiro atoms. The molecule has 2 atom stereocenters. The van der Waals surface area contributed by atoms with Crippen molar-refractivity contribution >= 4 is 22.2 Å². The third-order valence-electron chi connectivity index (χ3n) is 2.17. The predicted octanol–water partition coefficient (Wildman–Crippen LogP) is 2.08. The predicted molar refractivity (Wildman–Crippen MR) is 69.9 cm³/mol. The molecule has 0 heterocycles. The quantitative estimate of drug-likeness (QED) is 0.646. The second-order valence-electron chi connectivity index (χ2n) is 4.10. The number of hydrogen-bond donors (Lipinski definition) is 1.